The molecule has 0 amide bonds. The first-order valence-corrected chi connectivity index (χ1v) is 7.22. The molecule has 5 nitrogen and oxygen atoms in total. The Morgan fingerprint density at radius 2 is 2.25 bits per heavy atom. The molecule has 1 aliphatic heterocycles. The Bertz CT molecular complexity index is 577. The van der Waals surface area contributed by atoms with Gasteiger partial charge in [-0.05, 0) is 51.8 Å². The first kappa shape index (κ1) is 13.2. The molecular formula is C15H21N5. The molecule has 0 bridgehead atoms. The lowest BCUT2D eigenvalue weighted by molar-refractivity contribution is 0.208. The molecule has 0 aromatic carbocycles. The Labute approximate surface area is 119 Å². The van der Waals surface area contributed by atoms with Crippen molar-refractivity contribution in [1.82, 2.24) is 24.8 Å². The molecule has 1 aliphatic rings. The second-order valence-corrected chi connectivity index (χ2v) is 5.78. The van der Waals surface area contributed by atoms with Gasteiger partial charge in [0.1, 0.15) is 12.0 Å². The summed E-state index contributed by atoms with van der Waals surface area (Å²) in [7, 11) is 2.20. The molecule has 1 fully saturated rings. The predicted molar refractivity (Wildman–Crippen MR) is 78.3 cm³/mol. The van der Waals surface area contributed by atoms with E-state index in [0.29, 0.717) is 5.92 Å². The Balaban J connectivity index is 1.74. The lowest BCUT2D eigenvalue weighted by Crippen LogP contribution is -2.33. The highest BCUT2D eigenvalue weighted by Gasteiger charge is 2.18. The molecule has 2 aromatic heterocycles. The molecular weight excluding hydrogens is 250 g/mol. The number of hydrogen-bond donors (Lipinski definition) is 1. The van der Waals surface area contributed by atoms with Crippen molar-refractivity contribution in [3.8, 4) is 11.5 Å². The van der Waals surface area contributed by atoms with E-state index in [1.807, 2.05) is 13.1 Å². The van der Waals surface area contributed by atoms with Crippen LogP contribution in [0.1, 0.15) is 24.2 Å². The fourth-order valence-corrected chi connectivity index (χ4v) is 2.92. The normalized spacial score (nSPS) is 20.2. The van der Waals surface area contributed by atoms with Gasteiger partial charge in [0, 0.05) is 24.1 Å². The molecule has 1 saturated heterocycles. The van der Waals surface area contributed by atoms with E-state index in [1.165, 1.54) is 25.9 Å². The van der Waals surface area contributed by atoms with Gasteiger partial charge in [-0.25, -0.2) is 15.0 Å². The third-order valence-electron chi connectivity index (χ3n) is 3.89. The van der Waals surface area contributed by atoms with Crippen LogP contribution in [0.5, 0.6) is 0 Å². The van der Waals surface area contributed by atoms with Crippen LogP contribution in [0.3, 0.4) is 0 Å². The number of piperidine rings is 1. The minimum atomic E-state index is 0.704. The summed E-state index contributed by atoms with van der Waals surface area (Å²) in [5, 5.41) is 0. The summed E-state index contributed by atoms with van der Waals surface area (Å²) in [5.41, 5.74) is 3.05. The van der Waals surface area contributed by atoms with Crippen molar-refractivity contribution < 1.29 is 0 Å². The van der Waals surface area contributed by atoms with Gasteiger partial charge >= 0.3 is 0 Å². The van der Waals surface area contributed by atoms with Crippen LogP contribution in [0.25, 0.3) is 11.5 Å². The van der Waals surface area contributed by atoms with Crippen molar-refractivity contribution in [2.24, 2.45) is 5.92 Å². The van der Waals surface area contributed by atoms with E-state index >= 15 is 0 Å². The average molecular weight is 271 g/mol. The van der Waals surface area contributed by atoms with Gasteiger partial charge in [0.2, 0.25) is 0 Å². The number of rotatable bonds is 3. The third kappa shape index (κ3) is 3.04. The zero-order valence-electron chi connectivity index (χ0n) is 12.1. The number of likely N-dealkylation sites (tertiary alicyclic amines) is 1. The molecule has 3 heterocycles. The van der Waals surface area contributed by atoms with Gasteiger partial charge in [0.25, 0.3) is 0 Å². The van der Waals surface area contributed by atoms with Gasteiger partial charge < -0.3 is 9.88 Å². The van der Waals surface area contributed by atoms with Crippen molar-refractivity contribution in [3.63, 3.8) is 0 Å². The molecule has 0 spiro atoms. The Morgan fingerprint density at radius 1 is 1.35 bits per heavy atom. The fourth-order valence-electron chi connectivity index (χ4n) is 2.92. The first-order valence-electron chi connectivity index (χ1n) is 7.22. The van der Waals surface area contributed by atoms with Gasteiger partial charge in [-0.2, -0.15) is 0 Å². The van der Waals surface area contributed by atoms with Crippen molar-refractivity contribution in [1.29, 1.82) is 0 Å². The number of aryl methyl sites for hydroxylation is 1. The van der Waals surface area contributed by atoms with Crippen LogP contribution >= 0.6 is 0 Å². The quantitative estimate of drug-likeness (QED) is 0.928. The van der Waals surface area contributed by atoms with E-state index in [2.05, 4.69) is 37.9 Å². The van der Waals surface area contributed by atoms with Gasteiger partial charge in [-0.3, -0.25) is 0 Å². The van der Waals surface area contributed by atoms with Crippen LogP contribution in [0, 0.1) is 12.8 Å². The largest absolute Gasteiger partial charge is 0.341 e. The Kier molecular flexibility index (Phi) is 3.78. The molecule has 20 heavy (non-hydrogen) atoms. The van der Waals surface area contributed by atoms with Crippen LogP contribution in [0.2, 0.25) is 0 Å². The van der Waals surface area contributed by atoms with E-state index in [4.69, 9.17) is 0 Å². The standard InChI is InChI=1S/C15H21N5/c1-11-8-16-15(19-11)14-7-13(17-10-18-14)6-12-4-3-5-20(2)9-12/h7-8,10,12H,3-6,9H2,1-2H3,(H,16,19). The van der Waals surface area contributed by atoms with Crippen LogP contribution in [0.4, 0.5) is 0 Å². The molecule has 106 valence electrons. The Morgan fingerprint density at radius 3 is 3.00 bits per heavy atom. The fraction of sp³-hybridized carbons (Fsp3) is 0.533. The highest BCUT2D eigenvalue weighted by atomic mass is 15.1. The van der Waals surface area contributed by atoms with Crippen LogP contribution in [0.15, 0.2) is 18.6 Å². The number of H-pyrrole nitrogens is 1. The van der Waals surface area contributed by atoms with Gasteiger partial charge in [0.05, 0.1) is 0 Å². The number of nitrogens with one attached hydrogen (secondary N) is 1. The van der Waals surface area contributed by atoms with E-state index in [9.17, 15) is 0 Å². The van der Waals surface area contributed by atoms with Gasteiger partial charge in [-0.15, -0.1) is 0 Å². The highest BCUT2D eigenvalue weighted by Crippen LogP contribution is 2.20. The monoisotopic (exact) mass is 271 g/mol. The van der Waals surface area contributed by atoms with Crippen molar-refractivity contribution in [3.05, 3.63) is 30.0 Å². The Hall–Kier alpha value is -1.75. The third-order valence-corrected chi connectivity index (χ3v) is 3.89. The van der Waals surface area contributed by atoms with Gasteiger partial charge in [-0.1, -0.05) is 0 Å². The lowest BCUT2D eigenvalue weighted by atomic mass is 9.93. The second-order valence-electron chi connectivity index (χ2n) is 5.78. The molecule has 5 heteroatoms. The number of hydrogen-bond acceptors (Lipinski definition) is 4. The number of aromatic nitrogens is 4. The number of nitrogens with zero attached hydrogens (tertiary/aromatic N) is 4. The average Bonchev–Trinajstić information content (AvgIpc) is 2.86. The van der Waals surface area contributed by atoms with Crippen molar-refractivity contribution in [2.45, 2.75) is 26.2 Å². The second kappa shape index (κ2) is 5.71. The van der Waals surface area contributed by atoms with E-state index in [0.717, 1.165) is 29.3 Å². The smallest absolute Gasteiger partial charge is 0.156 e. The number of aromatic amines is 1. The maximum Gasteiger partial charge on any atom is 0.156 e. The first-order chi connectivity index (χ1) is 9.70. The zero-order chi connectivity index (χ0) is 13.9. The molecule has 3 rings (SSSR count). The molecule has 1 N–H and O–H groups in total. The summed E-state index contributed by atoms with van der Waals surface area (Å²) in [6.45, 7) is 4.38. The lowest BCUT2D eigenvalue weighted by Gasteiger charge is -2.29. The van der Waals surface area contributed by atoms with Crippen molar-refractivity contribution in [2.75, 3.05) is 20.1 Å². The summed E-state index contributed by atoms with van der Waals surface area (Å²) in [6.07, 6.45) is 7.09. The maximum atomic E-state index is 4.42. The van der Waals surface area contributed by atoms with E-state index in [1.54, 1.807) is 6.33 Å². The SMILES string of the molecule is Cc1cnc(-c2cc(CC3CCCN(C)C3)ncn2)[nH]1. The summed E-state index contributed by atoms with van der Waals surface area (Å²) in [5.74, 6) is 1.53. The molecule has 0 saturated carbocycles. The maximum absolute atomic E-state index is 4.42. The topological polar surface area (TPSA) is 57.7 Å². The van der Waals surface area contributed by atoms with E-state index < -0.39 is 0 Å². The van der Waals surface area contributed by atoms with Crippen molar-refractivity contribution >= 4 is 0 Å². The summed E-state index contributed by atoms with van der Waals surface area (Å²) < 4.78 is 0. The molecule has 0 radical (unpaired) electrons. The minimum absolute atomic E-state index is 0.704. The highest BCUT2D eigenvalue weighted by molar-refractivity contribution is 5.49. The molecule has 2 aromatic rings. The summed E-state index contributed by atoms with van der Waals surface area (Å²) in [6, 6.07) is 2.06. The minimum Gasteiger partial charge on any atom is -0.341 e. The van der Waals surface area contributed by atoms with Crippen LogP contribution < -0.4 is 0 Å². The summed E-state index contributed by atoms with van der Waals surface area (Å²) >= 11 is 0. The van der Waals surface area contributed by atoms with Crippen LogP contribution in [-0.2, 0) is 6.42 Å². The number of imidazole rings is 1. The van der Waals surface area contributed by atoms with Gasteiger partial charge in [0.15, 0.2) is 5.82 Å². The summed E-state index contributed by atoms with van der Waals surface area (Å²) in [4.78, 5) is 18.7. The zero-order valence-corrected chi connectivity index (χ0v) is 12.1. The molecule has 1 unspecified atom stereocenters. The predicted octanol–water partition coefficient (Wildman–Crippen LogP) is 2.06. The molecule has 1 atom stereocenters. The molecule has 0 aliphatic carbocycles. The van der Waals surface area contributed by atoms with E-state index in [-0.39, 0.29) is 0 Å². The van der Waals surface area contributed by atoms with Crippen LogP contribution in [-0.4, -0.2) is 45.0 Å².